The van der Waals surface area contributed by atoms with Gasteiger partial charge < -0.3 is 28.7 Å². The zero-order valence-corrected chi connectivity index (χ0v) is 22.1. The smallest absolute Gasteiger partial charge is 0.226 e. The van der Waals surface area contributed by atoms with E-state index in [0.717, 1.165) is 57.8 Å². The molecule has 34 heavy (non-hydrogen) atoms. The molecule has 0 N–H and O–H groups in total. The summed E-state index contributed by atoms with van der Waals surface area (Å²) in [5.41, 5.74) is 0. The Labute approximate surface area is 206 Å². The fourth-order valence-electron chi connectivity index (χ4n) is 5.77. The van der Waals surface area contributed by atoms with E-state index in [1.54, 1.807) is 28.4 Å². The molecule has 198 valence electrons. The summed E-state index contributed by atoms with van der Waals surface area (Å²) >= 11 is 0. The molecule has 0 radical (unpaired) electrons. The molecule has 2 amide bonds. The van der Waals surface area contributed by atoms with Gasteiger partial charge >= 0.3 is 0 Å². The Hall–Kier alpha value is -1.22. The molecule has 0 aliphatic carbocycles. The molecular formula is C26H48N2O6. The molecule has 2 saturated heterocycles. The third-order valence-electron chi connectivity index (χ3n) is 7.39. The molecule has 0 unspecified atom stereocenters. The molecule has 2 rings (SSSR count). The SMILES string of the molecule is CCCCCC[C@@H](CC(=O)N1[C@@H](COC)CC[C@@H]1COC)C(=O)N1[C@@H](COC)CC[C@@H]1COC. The number of amides is 2. The highest BCUT2D eigenvalue weighted by molar-refractivity contribution is 5.87. The number of hydrogen-bond acceptors (Lipinski definition) is 6. The van der Waals surface area contributed by atoms with Gasteiger partial charge in [0.2, 0.25) is 11.8 Å². The van der Waals surface area contributed by atoms with Crippen LogP contribution in [0.1, 0.15) is 71.1 Å². The summed E-state index contributed by atoms with van der Waals surface area (Å²) in [6.07, 6.45) is 8.92. The molecule has 0 aromatic rings. The van der Waals surface area contributed by atoms with Gasteiger partial charge in [-0.1, -0.05) is 32.6 Å². The van der Waals surface area contributed by atoms with E-state index in [0.29, 0.717) is 26.4 Å². The van der Waals surface area contributed by atoms with Gasteiger partial charge in [-0.25, -0.2) is 0 Å². The molecule has 0 bridgehead atoms. The van der Waals surface area contributed by atoms with Crippen molar-refractivity contribution < 1.29 is 28.5 Å². The molecule has 2 aliphatic heterocycles. The molecule has 0 saturated carbocycles. The second kappa shape index (κ2) is 15.7. The third-order valence-corrected chi connectivity index (χ3v) is 7.39. The van der Waals surface area contributed by atoms with Crippen LogP contribution in [0.2, 0.25) is 0 Å². The van der Waals surface area contributed by atoms with Crippen molar-refractivity contribution in [1.29, 1.82) is 0 Å². The van der Waals surface area contributed by atoms with E-state index in [1.807, 2.05) is 9.80 Å². The minimum atomic E-state index is -0.326. The Morgan fingerprint density at radius 3 is 1.56 bits per heavy atom. The maximum Gasteiger partial charge on any atom is 0.226 e. The van der Waals surface area contributed by atoms with Crippen molar-refractivity contribution >= 4 is 11.8 Å². The minimum Gasteiger partial charge on any atom is -0.383 e. The second-order valence-electron chi connectivity index (χ2n) is 9.89. The van der Waals surface area contributed by atoms with Crippen molar-refractivity contribution in [2.45, 2.75) is 95.3 Å². The van der Waals surface area contributed by atoms with Crippen LogP contribution in [0, 0.1) is 5.92 Å². The number of ether oxygens (including phenoxy) is 4. The minimum absolute atomic E-state index is 0.0418. The number of nitrogens with zero attached hydrogens (tertiary/aromatic N) is 2. The molecule has 8 nitrogen and oxygen atoms in total. The van der Waals surface area contributed by atoms with Crippen LogP contribution in [0.5, 0.6) is 0 Å². The van der Waals surface area contributed by atoms with Crippen molar-refractivity contribution in [2.75, 3.05) is 54.9 Å². The Morgan fingerprint density at radius 1 is 0.706 bits per heavy atom. The molecule has 2 heterocycles. The van der Waals surface area contributed by atoms with E-state index in [1.165, 1.54) is 0 Å². The molecule has 2 fully saturated rings. The lowest BCUT2D eigenvalue weighted by Gasteiger charge is -2.35. The fraction of sp³-hybridized carbons (Fsp3) is 0.923. The number of rotatable bonds is 16. The maximum atomic E-state index is 13.9. The van der Waals surface area contributed by atoms with Crippen LogP contribution in [0.3, 0.4) is 0 Å². The summed E-state index contributed by atoms with van der Waals surface area (Å²) < 4.78 is 21.7. The average Bonchev–Trinajstić information content (AvgIpc) is 3.40. The predicted molar refractivity (Wildman–Crippen MR) is 132 cm³/mol. The lowest BCUT2D eigenvalue weighted by atomic mass is 9.94. The van der Waals surface area contributed by atoms with Crippen molar-refractivity contribution in [1.82, 2.24) is 9.80 Å². The van der Waals surface area contributed by atoms with Gasteiger partial charge in [0.1, 0.15) is 0 Å². The van der Waals surface area contributed by atoms with E-state index in [-0.39, 0.29) is 48.3 Å². The molecule has 0 aromatic carbocycles. The fourth-order valence-corrected chi connectivity index (χ4v) is 5.77. The maximum absolute atomic E-state index is 13.9. The van der Waals surface area contributed by atoms with Gasteiger partial charge in [-0.05, 0) is 32.1 Å². The van der Waals surface area contributed by atoms with E-state index < -0.39 is 0 Å². The summed E-state index contributed by atoms with van der Waals surface area (Å²) in [7, 11) is 6.70. The van der Waals surface area contributed by atoms with E-state index in [4.69, 9.17) is 18.9 Å². The van der Waals surface area contributed by atoms with Gasteiger partial charge in [0.05, 0.1) is 50.6 Å². The summed E-state index contributed by atoms with van der Waals surface area (Å²) in [5.74, 6) is -0.202. The lowest BCUT2D eigenvalue weighted by molar-refractivity contribution is -0.147. The van der Waals surface area contributed by atoms with Crippen LogP contribution in [0.25, 0.3) is 0 Å². The quantitative estimate of drug-likeness (QED) is 0.313. The summed E-state index contributed by atoms with van der Waals surface area (Å²) in [5, 5.41) is 0. The number of unbranched alkanes of at least 4 members (excludes halogenated alkanes) is 3. The molecule has 8 heteroatoms. The third kappa shape index (κ3) is 7.90. The Bertz CT molecular complexity index is 576. The van der Waals surface area contributed by atoms with Gasteiger partial charge in [-0.15, -0.1) is 0 Å². The van der Waals surface area contributed by atoms with Crippen LogP contribution >= 0.6 is 0 Å². The monoisotopic (exact) mass is 484 g/mol. The van der Waals surface area contributed by atoms with E-state index >= 15 is 0 Å². The second-order valence-corrected chi connectivity index (χ2v) is 9.89. The predicted octanol–water partition coefficient (Wildman–Crippen LogP) is 3.27. The number of likely N-dealkylation sites (tertiary alicyclic amines) is 2. The summed E-state index contributed by atoms with van der Waals surface area (Å²) in [6.45, 7) is 4.24. The van der Waals surface area contributed by atoms with Crippen molar-refractivity contribution in [3.8, 4) is 0 Å². The van der Waals surface area contributed by atoms with Crippen LogP contribution < -0.4 is 0 Å². The van der Waals surface area contributed by atoms with E-state index in [9.17, 15) is 9.59 Å². The summed E-state index contributed by atoms with van der Waals surface area (Å²) in [6, 6.07) is 0.172. The highest BCUT2D eigenvalue weighted by Gasteiger charge is 2.42. The molecule has 2 aliphatic rings. The van der Waals surface area contributed by atoms with Crippen molar-refractivity contribution in [3.05, 3.63) is 0 Å². The zero-order chi connectivity index (χ0) is 24.9. The van der Waals surface area contributed by atoms with Crippen molar-refractivity contribution in [3.63, 3.8) is 0 Å². The van der Waals surface area contributed by atoms with Gasteiger partial charge in [-0.3, -0.25) is 9.59 Å². The Kier molecular flexibility index (Phi) is 13.4. The topological polar surface area (TPSA) is 77.5 Å². The molecule has 5 atom stereocenters. The molecular weight excluding hydrogens is 436 g/mol. The largest absolute Gasteiger partial charge is 0.383 e. The van der Waals surface area contributed by atoms with Crippen LogP contribution in [0.4, 0.5) is 0 Å². The average molecular weight is 485 g/mol. The Morgan fingerprint density at radius 2 is 1.15 bits per heavy atom. The number of carbonyl (C=O) groups is 2. The van der Waals surface area contributed by atoms with Crippen LogP contribution in [0.15, 0.2) is 0 Å². The molecule has 0 aromatic heterocycles. The van der Waals surface area contributed by atoms with Crippen molar-refractivity contribution in [2.24, 2.45) is 5.92 Å². The highest BCUT2D eigenvalue weighted by Crippen LogP contribution is 2.32. The first-order valence-corrected chi connectivity index (χ1v) is 13.1. The number of methoxy groups -OCH3 is 4. The van der Waals surface area contributed by atoms with Gasteiger partial charge in [-0.2, -0.15) is 0 Å². The molecule has 0 spiro atoms. The Balaban J connectivity index is 2.20. The zero-order valence-electron chi connectivity index (χ0n) is 22.1. The highest BCUT2D eigenvalue weighted by atomic mass is 16.5. The lowest BCUT2D eigenvalue weighted by Crippen LogP contribution is -2.50. The van der Waals surface area contributed by atoms with Gasteiger partial charge in [0, 0.05) is 40.8 Å². The van der Waals surface area contributed by atoms with Gasteiger partial charge in [0.25, 0.3) is 0 Å². The summed E-state index contributed by atoms with van der Waals surface area (Å²) in [4.78, 5) is 31.5. The van der Waals surface area contributed by atoms with Gasteiger partial charge in [0.15, 0.2) is 0 Å². The first-order chi connectivity index (χ1) is 16.5. The first-order valence-electron chi connectivity index (χ1n) is 13.1. The normalized spacial score (nSPS) is 25.8. The van der Waals surface area contributed by atoms with E-state index in [2.05, 4.69) is 6.92 Å². The first kappa shape index (κ1) is 29.0. The van der Waals surface area contributed by atoms with Crippen LogP contribution in [-0.4, -0.2) is 101 Å². The number of carbonyl (C=O) groups excluding carboxylic acids is 2. The van der Waals surface area contributed by atoms with Crippen LogP contribution in [-0.2, 0) is 28.5 Å². The standard InChI is InChI=1S/C26H48N2O6/c1-6-7-8-9-10-20(26(30)28-23(18-33-4)13-14-24(28)19-34-5)15-25(29)27-21(16-31-2)11-12-22(27)17-32-3/h20-24H,6-19H2,1-5H3/t20-,21+,22+,23+,24+/m0/s1. The number of hydrogen-bond donors (Lipinski definition) is 0.